The highest BCUT2D eigenvalue weighted by molar-refractivity contribution is 6.00. The molecule has 0 aliphatic carbocycles. The molecule has 0 radical (unpaired) electrons. The summed E-state index contributed by atoms with van der Waals surface area (Å²) in [4.78, 5) is 18.3. The van der Waals surface area contributed by atoms with Gasteiger partial charge in [-0.15, -0.1) is 0 Å². The lowest BCUT2D eigenvalue weighted by Gasteiger charge is -2.47. The van der Waals surface area contributed by atoms with Crippen molar-refractivity contribution >= 4 is 11.6 Å². The summed E-state index contributed by atoms with van der Waals surface area (Å²) in [6.45, 7) is 8.69. The second kappa shape index (κ2) is 3.81. The third kappa shape index (κ3) is 2.31. The molecule has 4 nitrogen and oxygen atoms in total. The summed E-state index contributed by atoms with van der Waals surface area (Å²) in [6, 6.07) is 3.77. The second-order valence-electron chi connectivity index (χ2n) is 5.74. The van der Waals surface area contributed by atoms with E-state index in [1.807, 2.05) is 30.9 Å². The van der Waals surface area contributed by atoms with Crippen LogP contribution in [0.15, 0.2) is 24.5 Å². The van der Waals surface area contributed by atoms with E-state index < -0.39 is 5.54 Å². The zero-order chi connectivity index (χ0) is 12.7. The number of rotatable bonds is 1. The van der Waals surface area contributed by atoms with E-state index in [4.69, 9.17) is 0 Å². The van der Waals surface area contributed by atoms with Gasteiger partial charge in [0.25, 0.3) is 0 Å². The van der Waals surface area contributed by atoms with Crippen molar-refractivity contribution in [2.24, 2.45) is 0 Å². The van der Waals surface area contributed by atoms with Crippen molar-refractivity contribution < 1.29 is 4.79 Å². The lowest BCUT2D eigenvalue weighted by Crippen LogP contribution is -2.70. The first-order valence-electron chi connectivity index (χ1n) is 5.83. The fourth-order valence-corrected chi connectivity index (χ4v) is 2.47. The zero-order valence-corrected chi connectivity index (χ0v) is 10.8. The smallest absolute Gasteiger partial charge is 0.246 e. The Morgan fingerprint density at radius 1 is 1.35 bits per heavy atom. The Balaban J connectivity index is 2.37. The molecule has 2 heterocycles. The van der Waals surface area contributed by atoms with Crippen molar-refractivity contribution in [3.8, 4) is 0 Å². The average molecular weight is 233 g/mol. The number of piperazine rings is 1. The normalized spacial score (nSPS) is 22.6. The van der Waals surface area contributed by atoms with Gasteiger partial charge in [-0.05, 0) is 39.8 Å². The van der Waals surface area contributed by atoms with Gasteiger partial charge in [-0.3, -0.25) is 15.1 Å². The number of hydrogen-bond donors (Lipinski definition) is 1. The van der Waals surface area contributed by atoms with Crippen LogP contribution in [-0.4, -0.2) is 28.5 Å². The Morgan fingerprint density at radius 2 is 2.06 bits per heavy atom. The number of amides is 1. The maximum atomic E-state index is 12.4. The van der Waals surface area contributed by atoms with Gasteiger partial charge in [-0.2, -0.15) is 0 Å². The lowest BCUT2D eigenvalue weighted by atomic mass is 9.90. The summed E-state index contributed by atoms with van der Waals surface area (Å²) in [5.41, 5.74) is 0.213. The first kappa shape index (κ1) is 12.0. The Kier molecular flexibility index (Phi) is 2.70. The molecular formula is C13H19N3O. The van der Waals surface area contributed by atoms with Crippen molar-refractivity contribution in [1.82, 2.24) is 10.3 Å². The van der Waals surface area contributed by atoms with E-state index in [-0.39, 0.29) is 11.4 Å². The van der Waals surface area contributed by atoms with Crippen molar-refractivity contribution in [3.05, 3.63) is 24.5 Å². The van der Waals surface area contributed by atoms with Gasteiger partial charge < -0.3 is 4.90 Å². The molecule has 1 saturated heterocycles. The third-order valence-corrected chi connectivity index (χ3v) is 2.94. The molecule has 4 heteroatoms. The van der Waals surface area contributed by atoms with Gasteiger partial charge in [-0.25, -0.2) is 0 Å². The molecule has 1 amide bonds. The number of aromatic nitrogens is 1. The molecule has 0 saturated carbocycles. The predicted molar refractivity (Wildman–Crippen MR) is 67.9 cm³/mol. The van der Waals surface area contributed by atoms with Crippen LogP contribution in [0.2, 0.25) is 0 Å². The van der Waals surface area contributed by atoms with E-state index in [1.54, 1.807) is 12.4 Å². The maximum absolute atomic E-state index is 12.4. The van der Waals surface area contributed by atoms with Crippen molar-refractivity contribution in [1.29, 1.82) is 0 Å². The molecule has 1 fully saturated rings. The Bertz CT molecular complexity index is 426. The summed E-state index contributed by atoms with van der Waals surface area (Å²) < 4.78 is 0. The molecule has 0 aromatic carbocycles. The van der Waals surface area contributed by atoms with Gasteiger partial charge in [0.15, 0.2) is 0 Å². The van der Waals surface area contributed by atoms with E-state index in [9.17, 15) is 4.79 Å². The van der Waals surface area contributed by atoms with Gasteiger partial charge in [0.1, 0.15) is 0 Å². The quantitative estimate of drug-likeness (QED) is 0.801. The summed E-state index contributed by atoms with van der Waals surface area (Å²) in [6.07, 6.45) is 3.45. The first-order valence-corrected chi connectivity index (χ1v) is 5.83. The molecule has 2 rings (SSSR count). The summed E-state index contributed by atoms with van der Waals surface area (Å²) >= 11 is 0. The zero-order valence-electron chi connectivity index (χ0n) is 10.8. The molecule has 0 unspecified atom stereocenters. The summed E-state index contributed by atoms with van der Waals surface area (Å²) in [7, 11) is 0. The third-order valence-electron chi connectivity index (χ3n) is 2.94. The molecule has 0 atom stereocenters. The van der Waals surface area contributed by atoms with E-state index in [0.29, 0.717) is 6.54 Å². The lowest BCUT2D eigenvalue weighted by molar-refractivity contribution is -0.126. The number of nitrogens with zero attached hydrogens (tertiary/aromatic N) is 2. The van der Waals surface area contributed by atoms with Crippen LogP contribution in [0, 0.1) is 0 Å². The van der Waals surface area contributed by atoms with Crippen LogP contribution in [0.4, 0.5) is 5.69 Å². The molecule has 92 valence electrons. The van der Waals surface area contributed by atoms with Crippen molar-refractivity contribution in [2.75, 3.05) is 11.4 Å². The molecule has 0 spiro atoms. The fraction of sp³-hybridized carbons (Fsp3) is 0.538. The van der Waals surface area contributed by atoms with Crippen LogP contribution >= 0.6 is 0 Å². The van der Waals surface area contributed by atoms with Gasteiger partial charge in [0, 0.05) is 18.3 Å². The molecule has 17 heavy (non-hydrogen) atoms. The molecule has 1 aliphatic rings. The van der Waals surface area contributed by atoms with Crippen molar-refractivity contribution in [2.45, 2.75) is 38.8 Å². The second-order valence-corrected chi connectivity index (χ2v) is 5.74. The van der Waals surface area contributed by atoms with E-state index in [2.05, 4.69) is 24.1 Å². The highest BCUT2D eigenvalue weighted by atomic mass is 16.2. The van der Waals surface area contributed by atoms with Gasteiger partial charge in [0.2, 0.25) is 5.91 Å². The molecule has 1 aromatic heterocycles. The van der Waals surface area contributed by atoms with Gasteiger partial charge in [-0.1, -0.05) is 0 Å². The molecule has 0 bridgehead atoms. The summed E-state index contributed by atoms with van der Waals surface area (Å²) in [5, 5.41) is 3.37. The first-order chi connectivity index (χ1) is 7.82. The van der Waals surface area contributed by atoms with Crippen LogP contribution in [0.25, 0.3) is 0 Å². The van der Waals surface area contributed by atoms with Crippen LogP contribution in [-0.2, 0) is 4.79 Å². The van der Waals surface area contributed by atoms with Gasteiger partial charge >= 0.3 is 0 Å². The highest BCUT2D eigenvalue weighted by Crippen LogP contribution is 2.26. The monoisotopic (exact) mass is 233 g/mol. The SMILES string of the molecule is CC1(C)CN(c2cccnc2)C(=O)C(C)(C)N1. The van der Waals surface area contributed by atoms with Gasteiger partial charge in [0.05, 0.1) is 17.4 Å². The predicted octanol–water partition coefficient (Wildman–Crippen LogP) is 1.57. The maximum Gasteiger partial charge on any atom is 0.246 e. The van der Waals surface area contributed by atoms with Crippen LogP contribution in [0.1, 0.15) is 27.7 Å². The minimum absolute atomic E-state index is 0.0878. The number of carbonyl (C=O) groups is 1. The number of anilines is 1. The summed E-state index contributed by atoms with van der Waals surface area (Å²) in [5.74, 6) is 0.0878. The molecule has 1 aromatic rings. The standard InChI is InChI=1S/C13H19N3O/c1-12(2)9-16(10-6-5-7-14-8-10)11(17)13(3,4)15-12/h5-8,15H,9H2,1-4H3. The fourth-order valence-electron chi connectivity index (χ4n) is 2.47. The van der Waals surface area contributed by atoms with Crippen LogP contribution in [0.3, 0.4) is 0 Å². The van der Waals surface area contributed by atoms with E-state index in [1.165, 1.54) is 0 Å². The number of hydrogen-bond acceptors (Lipinski definition) is 3. The van der Waals surface area contributed by atoms with Crippen LogP contribution in [0.5, 0.6) is 0 Å². The molecule has 1 aliphatic heterocycles. The van der Waals surface area contributed by atoms with E-state index in [0.717, 1.165) is 5.69 Å². The average Bonchev–Trinajstić information content (AvgIpc) is 2.23. The minimum Gasteiger partial charge on any atom is -0.307 e. The molecular weight excluding hydrogens is 214 g/mol. The Morgan fingerprint density at radius 3 is 2.65 bits per heavy atom. The topological polar surface area (TPSA) is 45.2 Å². The molecule has 1 N–H and O–H groups in total. The highest BCUT2D eigenvalue weighted by Gasteiger charge is 2.43. The Hall–Kier alpha value is -1.42. The minimum atomic E-state index is -0.544. The van der Waals surface area contributed by atoms with Crippen molar-refractivity contribution in [3.63, 3.8) is 0 Å². The van der Waals surface area contributed by atoms with Crippen LogP contribution < -0.4 is 10.2 Å². The Labute approximate surface area is 102 Å². The van der Waals surface area contributed by atoms with E-state index >= 15 is 0 Å². The number of pyridine rings is 1. The number of nitrogens with one attached hydrogen (secondary N) is 1. The largest absolute Gasteiger partial charge is 0.307 e. The number of carbonyl (C=O) groups excluding carboxylic acids is 1.